The highest BCUT2D eigenvalue weighted by Gasteiger charge is 2.36. The Morgan fingerprint density at radius 1 is 1.00 bits per heavy atom. The van der Waals surface area contributed by atoms with Crippen molar-refractivity contribution >= 4 is 23.4 Å². The van der Waals surface area contributed by atoms with Crippen LogP contribution in [0.15, 0.2) is 24.3 Å². The fourth-order valence-corrected chi connectivity index (χ4v) is 3.59. The molecule has 7 nitrogen and oxygen atoms in total. The van der Waals surface area contributed by atoms with Crippen LogP contribution in [0.4, 0.5) is 10.5 Å². The fraction of sp³-hybridized carbons (Fsp3) is 0.500. The third kappa shape index (κ3) is 3.60. The van der Waals surface area contributed by atoms with Crippen molar-refractivity contribution < 1.29 is 14.4 Å². The average molecular weight is 344 g/mol. The van der Waals surface area contributed by atoms with Crippen molar-refractivity contribution in [1.82, 2.24) is 9.80 Å². The Morgan fingerprint density at radius 3 is 2.20 bits per heavy atom. The van der Waals surface area contributed by atoms with Crippen LogP contribution in [0.25, 0.3) is 0 Å². The summed E-state index contributed by atoms with van der Waals surface area (Å²) in [6.07, 6.45) is 1.51. The summed E-state index contributed by atoms with van der Waals surface area (Å²) in [6, 6.07) is 6.63. The van der Waals surface area contributed by atoms with Crippen LogP contribution in [0, 0.1) is 0 Å². The zero-order valence-corrected chi connectivity index (χ0v) is 14.5. The number of carbonyl (C=O) groups is 3. The molecule has 0 saturated carbocycles. The van der Waals surface area contributed by atoms with Crippen LogP contribution in [-0.4, -0.2) is 66.3 Å². The second kappa shape index (κ2) is 7.13. The molecule has 0 aromatic heterocycles. The number of carbonyl (C=O) groups excluding carboxylic acids is 3. The molecular formula is C18H24N4O3. The molecule has 1 aromatic rings. The number of nitrogens with two attached hydrogens (primary N) is 1. The van der Waals surface area contributed by atoms with Gasteiger partial charge in [-0.25, -0.2) is 4.79 Å². The topological polar surface area (TPSA) is 87.0 Å². The largest absolute Gasteiger partial charge is 0.368 e. The molecule has 1 aromatic carbocycles. The SMILES string of the molecule is CC(=O)c1ccc(N2CCN(C(=O)[C@@H]3CCCN3C(N)=O)CC2)cc1. The van der Waals surface area contributed by atoms with Gasteiger partial charge in [-0.15, -0.1) is 0 Å². The van der Waals surface area contributed by atoms with Gasteiger partial charge in [0.15, 0.2) is 5.78 Å². The van der Waals surface area contributed by atoms with E-state index in [9.17, 15) is 14.4 Å². The number of Topliss-reactive ketones (excluding diaryl/α,β-unsaturated/α-hetero) is 1. The van der Waals surface area contributed by atoms with Gasteiger partial charge in [0.2, 0.25) is 5.91 Å². The molecule has 0 unspecified atom stereocenters. The van der Waals surface area contributed by atoms with E-state index in [1.807, 2.05) is 29.2 Å². The lowest BCUT2D eigenvalue weighted by Gasteiger charge is -2.38. The van der Waals surface area contributed by atoms with Crippen molar-refractivity contribution in [2.24, 2.45) is 5.73 Å². The van der Waals surface area contributed by atoms with Gasteiger partial charge in [0, 0.05) is 44.0 Å². The van der Waals surface area contributed by atoms with Crippen LogP contribution < -0.4 is 10.6 Å². The van der Waals surface area contributed by atoms with E-state index in [0.717, 1.165) is 25.2 Å². The molecule has 0 bridgehead atoms. The number of benzene rings is 1. The number of amides is 3. The first-order chi connectivity index (χ1) is 12.0. The molecule has 134 valence electrons. The Kier molecular flexibility index (Phi) is 4.92. The monoisotopic (exact) mass is 344 g/mol. The standard InChI is InChI=1S/C18H24N4O3/c1-13(23)14-4-6-15(7-5-14)20-9-11-21(12-10-20)17(24)16-3-2-8-22(16)18(19)25/h4-7,16H,2-3,8-12H2,1H3,(H2,19,25)/t16-/m0/s1. The van der Waals surface area contributed by atoms with E-state index >= 15 is 0 Å². The van der Waals surface area contributed by atoms with Crippen LogP contribution in [0.3, 0.4) is 0 Å². The molecular weight excluding hydrogens is 320 g/mol. The number of hydrogen-bond donors (Lipinski definition) is 1. The van der Waals surface area contributed by atoms with Crippen molar-refractivity contribution in [3.05, 3.63) is 29.8 Å². The number of hydrogen-bond acceptors (Lipinski definition) is 4. The molecule has 3 rings (SSSR count). The lowest BCUT2D eigenvalue weighted by atomic mass is 10.1. The Labute approximate surface area is 147 Å². The van der Waals surface area contributed by atoms with Gasteiger partial charge in [-0.3, -0.25) is 9.59 Å². The van der Waals surface area contributed by atoms with E-state index in [1.54, 1.807) is 6.92 Å². The smallest absolute Gasteiger partial charge is 0.315 e. The quantitative estimate of drug-likeness (QED) is 0.831. The van der Waals surface area contributed by atoms with Crippen molar-refractivity contribution in [3.8, 4) is 0 Å². The lowest BCUT2D eigenvalue weighted by molar-refractivity contribution is -0.135. The van der Waals surface area contributed by atoms with Crippen molar-refractivity contribution in [2.45, 2.75) is 25.8 Å². The van der Waals surface area contributed by atoms with Gasteiger partial charge in [-0.2, -0.15) is 0 Å². The minimum atomic E-state index is -0.514. The highest BCUT2D eigenvalue weighted by atomic mass is 16.2. The molecule has 25 heavy (non-hydrogen) atoms. The van der Waals surface area contributed by atoms with Crippen molar-refractivity contribution in [1.29, 1.82) is 0 Å². The highest BCUT2D eigenvalue weighted by Crippen LogP contribution is 2.22. The van der Waals surface area contributed by atoms with E-state index in [-0.39, 0.29) is 11.7 Å². The molecule has 0 spiro atoms. The number of ketones is 1. The van der Waals surface area contributed by atoms with Crippen LogP contribution >= 0.6 is 0 Å². The average Bonchev–Trinajstić information content (AvgIpc) is 3.11. The van der Waals surface area contributed by atoms with Gasteiger partial charge in [0.1, 0.15) is 6.04 Å². The van der Waals surface area contributed by atoms with Crippen LogP contribution in [0.1, 0.15) is 30.1 Å². The van der Waals surface area contributed by atoms with Gasteiger partial charge in [0.05, 0.1) is 0 Å². The van der Waals surface area contributed by atoms with Crippen molar-refractivity contribution in [3.63, 3.8) is 0 Å². The number of nitrogens with zero attached hydrogens (tertiary/aromatic N) is 3. The Morgan fingerprint density at radius 2 is 1.64 bits per heavy atom. The number of rotatable bonds is 3. The first-order valence-electron chi connectivity index (χ1n) is 8.68. The van der Waals surface area contributed by atoms with Gasteiger partial charge in [0.25, 0.3) is 0 Å². The number of urea groups is 1. The number of primary amides is 1. The molecule has 2 N–H and O–H groups in total. The molecule has 2 heterocycles. The zero-order chi connectivity index (χ0) is 18.0. The third-order valence-electron chi connectivity index (χ3n) is 5.05. The fourth-order valence-electron chi connectivity index (χ4n) is 3.59. The van der Waals surface area contributed by atoms with E-state index in [2.05, 4.69) is 4.90 Å². The first kappa shape index (κ1) is 17.3. The van der Waals surface area contributed by atoms with Crippen LogP contribution in [0.5, 0.6) is 0 Å². The number of anilines is 1. The maximum atomic E-state index is 12.7. The molecule has 7 heteroatoms. The summed E-state index contributed by atoms with van der Waals surface area (Å²) in [4.78, 5) is 41.0. The summed E-state index contributed by atoms with van der Waals surface area (Å²) >= 11 is 0. The van der Waals surface area contributed by atoms with E-state index < -0.39 is 12.1 Å². The van der Waals surface area contributed by atoms with Gasteiger partial charge >= 0.3 is 6.03 Å². The Bertz CT molecular complexity index is 665. The summed E-state index contributed by atoms with van der Waals surface area (Å²) in [7, 11) is 0. The summed E-state index contributed by atoms with van der Waals surface area (Å²) in [5.41, 5.74) is 7.12. The summed E-state index contributed by atoms with van der Waals surface area (Å²) < 4.78 is 0. The van der Waals surface area contributed by atoms with Gasteiger partial charge in [-0.05, 0) is 44.0 Å². The second-order valence-electron chi connectivity index (χ2n) is 6.61. The second-order valence-corrected chi connectivity index (χ2v) is 6.61. The molecule has 2 aliphatic heterocycles. The van der Waals surface area contributed by atoms with E-state index in [0.29, 0.717) is 31.6 Å². The molecule has 0 aliphatic carbocycles. The van der Waals surface area contributed by atoms with Crippen LogP contribution in [0.2, 0.25) is 0 Å². The van der Waals surface area contributed by atoms with E-state index in [4.69, 9.17) is 5.73 Å². The lowest BCUT2D eigenvalue weighted by Crippen LogP contribution is -2.55. The minimum Gasteiger partial charge on any atom is -0.368 e. The Hall–Kier alpha value is -2.57. The summed E-state index contributed by atoms with van der Waals surface area (Å²) in [6.45, 7) is 4.82. The first-order valence-corrected chi connectivity index (χ1v) is 8.68. The molecule has 0 radical (unpaired) electrons. The molecule has 3 amide bonds. The maximum absolute atomic E-state index is 12.7. The van der Waals surface area contributed by atoms with Crippen molar-refractivity contribution in [2.75, 3.05) is 37.6 Å². The maximum Gasteiger partial charge on any atom is 0.315 e. The van der Waals surface area contributed by atoms with Gasteiger partial charge < -0.3 is 20.4 Å². The Balaban J connectivity index is 1.59. The molecule has 2 aliphatic rings. The predicted molar refractivity (Wildman–Crippen MR) is 94.6 cm³/mol. The molecule has 2 fully saturated rings. The third-order valence-corrected chi connectivity index (χ3v) is 5.05. The zero-order valence-electron chi connectivity index (χ0n) is 14.5. The predicted octanol–water partition coefficient (Wildman–Crippen LogP) is 1.08. The van der Waals surface area contributed by atoms with Crippen LogP contribution in [-0.2, 0) is 4.79 Å². The minimum absolute atomic E-state index is 0.00266. The van der Waals surface area contributed by atoms with Gasteiger partial charge in [-0.1, -0.05) is 0 Å². The van der Waals surface area contributed by atoms with E-state index in [1.165, 1.54) is 4.90 Å². The summed E-state index contributed by atoms with van der Waals surface area (Å²) in [5, 5.41) is 0. The number of likely N-dealkylation sites (tertiary alicyclic amines) is 1. The normalized spacial score (nSPS) is 20.7. The highest BCUT2D eigenvalue weighted by molar-refractivity contribution is 5.94. The summed E-state index contributed by atoms with van der Waals surface area (Å²) in [5.74, 6) is 0.0559. The molecule has 1 atom stereocenters. The molecule has 2 saturated heterocycles. The number of piperazine rings is 1.